The van der Waals surface area contributed by atoms with Crippen LogP contribution in [0.5, 0.6) is 0 Å². The molecule has 0 aliphatic rings. The summed E-state index contributed by atoms with van der Waals surface area (Å²) in [6, 6.07) is 8.01. The monoisotopic (exact) mass is 289 g/mol. The lowest BCUT2D eigenvalue weighted by Gasteiger charge is -2.17. The van der Waals surface area contributed by atoms with E-state index in [0.29, 0.717) is 11.8 Å². The molecule has 1 amide bonds. The zero-order valence-electron chi connectivity index (χ0n) is 13.5. The maximum absolute atomic E-state index is 11.8. The largest absolute Gasteiger partial charge is 0.394 e. The van der Waals surface area contributed by atoms with Gasteiger partial charge in [0.2, 0.25) is 5.91 Å². The Kier molecular flexibility index (Phi) is 7.17. The maximum atomic E-state index is 11.8. The normalized spacial score (nSPS) is 13.1. The van der Waals surface area contributed by atoms with Crippen LogP contribution < -0.4 is 5.32 Å². The Labute approximate surface area is 128 Å². The fourth-order valence-corrected chi connectivity index (χ4v) is 2.16. The van der Waals surface area contributed by atoms with Crippen LogP contribution in [-0.2, 0) is 4.79 Å². The topological polar surface area (TPSA) is 49.3 Å². The standard InChI is InChI=1S/C18H27NO2/c1-13(2)11-17(12-20)19-18(21)10-7-15-5-8-16(9-6-15)14(3)4/h5-10,13-14,17,20H,11-12H2,1-4H3,(H,19,21)/b10-7+. The van der Waals surface area contributed by atoms with Crippen molar-refractivity contribution < 1.29 is 9.90 Å². The van der Waals surface area contributed by atoms with Gasteiger partial charge in [0.05, 0.1) is 12.6 Å². The summed E-state index contributed by atoms with van der Waals surface area (Å²) in [5.41, 5.74) is 2.29. The smallest absolute Gasteiger partial charge is 0.244 e. The molecule has 0 heterocycles. The van der Waals surface area contributed by atoms with Crippen molar-refractivity contribution in [3.63, 3.8) is 0 Å². The Hall–Kier alpha value is -1.61. The summed E-state index contributed by atoms with van der Waals surface area (Å²) in [5, 5.41) is 12.1. The number of aliphatic hydroxyl groups excluding tert-OH is 1. The van der Waals surface area contributed by atoms with Gasteiger partial charge >= 0.3 is 0 Å². The molecule has 0 saturated heterocycles. The summed E-state index contributed by atoms with van der Waals surface area (Å²) >= 11 is 0. The van der Waals surface area contributed by atoms with Crippen LogP contribution in [0.3, 0.4) is 0 Å². The molecule has 2 N–H and O–H groups in total. The van der Waals surface area contributed by atoms with Crippen molar-refractivity contribution in [2.75, 3.05) is 6.61 Å². The zero-order chi connectivity index (χ0) is 15.8. The predicted octanol–water partition coefficient (Wildman–Crippen LogP) is 3.35. The third-order valence-corrected chi connectivity index (χ3v) is 3.35. The number of carbonyl (C=O) groups is 1. The summed E-state index contributed by atoms with van der Waals surface area (Å²) < 4.78 is 0. The lowest BCUT2D eigenvalue weighted by atomic mass is 10.0. The highest BCUT2D eigenvalue weighted by atomic mass is 16.3. The fourth-order valence-electron chi connectivity index (χ4n) is 2.16. The molecule has 0 bridgehead atoms. The first-order chi connectivity index (χ1) is 9.92. The average molecular weight is 289 g/mol. The van der Waals surface area contributed by atoms with Crippen molar-refractivity contribution in [3.8, 4) is 0 Å². The van der Waals surface area contributed by atoms with E-state index < -0.39 is 0 Å². The molecule has 0 aromatic heterocycles. The SMILES string of the molecule is CC(C)CC(CO)NC(=O)/C=C/c1ccc(C(C)C)cc1. The van der Waals surface area contributed by atoms with Gasteiger partial charge in [0.25, 0.3) is 0 Å². The molecule has 1 atom stereocenters. The molecule has 3 heteroatoms. The van der Waals surface area contributed by atoms with Crippen LogP contribution in [0, 0.1) is 5.92 Å². The molecular weight excluding hydrogens is 262 g/mol. The van der Waals surface area contributed by atoms with Gasteiger partial charge in [-0.05, 0) is 35.5 Å². The highest BCUT2D eigenvalue weighted by Crippen LogP contribution is 2.15. The Morgan fingerprint density at radius 2 is 1.81 bits per heavy atom. The lowest BCUT2D eigenvalue weighted by Crippen LogP contribution is -2.37. The van der Waals surface area contributed by atoms with Gasteiger partial charge in [-0.2, -0.15) is 0 Å². The highest BCUT2D eigenvalue weighted by molar-refractivity contribution is 5.91. The molecule has 1 unspecified atom stereocenters. The molecule has 0 aliphatic carbocycles. The second-order valence-corrected chi connectivity index (χ2v) is 6.17. The number of amides is 1. The third-order valence-electron chi connectivity index (χ3n) is 3.35. The first-order valence-corrected chi connectivity index (χ1v) is 7.61. The van der Waals surface area contributed by atoms with Gasteiger partial charge in [-0.1, -0.05) is 52.0 Å². The second kappa shape index (κ2) is 8.63. The fraction of sp³-hybridized carbons (Fsp3) is 0.500. The Morgan fingerprint density at radius 3 is 2.29 bits per heavy atom. The molecular formula is C18H27NO2. The maximum Gasteiger partial charge on any atom is 0.244 e. The molecule has 21 heavy (non-hydrogen) atoms. The van der Waals surface area contributed by atoms with Crippen molar-refractivity contribution >= 4 is 12.0 Å². The molecule has 0 aliphatic heterocycles. The minimum absolute atomic E-state index is 0.0269. The molecule has 1 rings (SSSR count). The lowest BCUT2D eigenvalue weighted by molar-refractivity contribution is -0.117. The van der Waals surface area contributed by atoms with E-state index in [4.69, 9.17) is 0 Å². The Morgan fingerprint density at radius 1 is 1.19 bits per heavy atom. The quantitative estimate of drug-likeness (QED) is 0.756. The van der Waals surface area contributed by atoms with Crippen molar-refractivity contribution in [1.82, 2.24) is 5.32 Å². The van der Waals surface area contributed by atoms with Crippen LogP contribution in [0.25, 0.3) is 6.08 Å². The molecule has 0 saturated carbocycles. The van der Waals surface area contributed by atoms with Gasteiger partial charge in [0.15, 0.2) is 0 Å². The molecule has 0 fully saturated rings. The first kappa shape index (κ1) is 17.4. The van der Waals surface area contributed by atoms with Crippen LogP contribution in [0.2, 0.25) is 0 Å². The average Bonchev–Trinajstić information content (AvgIpc) is 2.44. The third kappa shape index (κ3) is 6.58. The van der Waals surface area contributed by atoms with E-state index in [1.807, 2.05) is 12.1 Å². The van der Waals surface area contributed by atoms with E-state index in [0.717, 1.165) is 12.0 Å². The van der Waals surface area contributed by atoms with Crippen LogP contribution in [0.4, 0.5) is 0 Å². The predicted molar refractivity (Wildman–Crippen MR) is 88.0 cm³/mol. The molecule has 1 aromatic carbocycles. The molecule has 0 radical (unpaired) electrons. The van der Waals surface area contributed by atoms with E-state index in [1.54, 1.807) is 6.08 Å². The first-order valence-electron chi connectivity index (χ1n) is 7.61. The van der Waals surface area contributed by atoms with Gasteiger partial charge in [-0.25, -0.2) is 0 Å². The summed E-state index contributed by atoms with van der Waals surface area (Å²) in [7, 11) is 0. The Balaban J connectivity index is 2.56. The van der Waals surface area contributed by atoms with Gasteiger partial charge in [-0.3, -0.25) is 4.79 Å². The molecule has 116 valence electrons. The minimum Gasteiger partial charge on any atom is -0.394 e. The van der Waals surface area contributed by atoms with Crippen molar-refractivity contribution in [2.24, 2.45) is 5.92 Å². The van der Waals surface area contributed by atoms with Crippen LogP contribution in [0.1, 0.15) is 51.2 Å². The van der Waals surface area contributed by atoms with Crippen LogP contribution >= 0.6 is 0 Å². The van der Waals surface area contributed by atoms with Crippen molar-refractivity contribution in [3.05, 3.63) is 41.5 Å². The van der Waals surface area contributed by atoms with Crippen LogP contribution in [0.15, 0.2) is 30.3 Å². The Bertz CT molecular complexity index is 461. The number of hydrogen-bond acceptors (Lipinski definition) is 2. The highest BCUT2D eigenvalue weighted by Gasteiger charge is 2.11. The van der Waals surface area contributed by atoms with E-state index in [-0.39, 0.29) is 18.6 Å². The van der Waals surface area contributed by atoms with Gasteiger partial charge in [0.1, 0.15) is 0 Å². The summed E-state index contributed by atoms with van der Waals surface area (Å²) in [6.45, 7) is 8.42. The number of hydrogen-bond donors (Lipinski definition) is 2. The number of aliphatic hydroxyl groups is 1. The summed E-state index contributed by atoms with van der Waals surface area (Å²) in [5.74, 6) is 0.783. The molecule has 0 spiro atoms. The minimum atomic E-state index is -0.175. The van der Waals surface area contributed by atoms with Crippen molar-refractivity contribution in [1.29, 1.82) is 0 Å². The van der Waals surface area contributed by atoms with E-state index >= 15 is 0 Å². The van der Waals surface area contributed by atoms with Gasteiger partial charge in [0, 0.05) is 6.08 Å². The molecule has 1 aromatic rings. The van der Waals surface area contributed by atoms with Gasteiger partial charge in [-0.15, -0.1) is 0 Å². The number of carbonyl (C=O) groups excluding carboxylic acids is 1. The van der Waals surface area contributed by atoms with Gasteiger partial charge < -0.3 is 10.4 Å². The summed E-state index contributed by atoms with van der Waals surface area (Å²) in [4.78, 5) is 11.8. The van der Waals surface area contributed by atoms with E-state index in [9.17, 15) is 9.90 Å². The number of rotatable bonds is 7. The van der Waals surface area contributed by atoms with Crippen molar-refractivity contribution in [2.45, 2.75) is 46.1 Å². The number of benzene rings is 1. The second-order valence-electron chi connectivity index (χ2n) is 6.17. The van der Waals surface area contributed by atoms with Crippen LogP contribution in [-0.4, -0.2) is 23.7 Å². The van der Waals surface area contributed by atoms with E-state index in [2.05, 4.69) is 45.1 Å². The van der Waals surface area contributed by atoms with E-state index in [1.165, 1.54) is 11.6 Å². The summed E-state index contributed by atoms with van der Waals surface area (Å²) in [6.07, 6.45) is 4.09. The zero-order valence-corrected chi connectivity index (χ0v) is 13.5. The number of nitrogens with one attached hydrogen (secondary N) is 1. The molecule has 3 nitrogen and oxygen atoms in total.